The van der Waals surface area contributed by atoms with Gasteiger partial charge >= 0.3 is 0 Å². The number of anilines is 8. The van der Waals surface area contributed by atoms with Gasteiger partial charge in [-0.15, -0.1) is 0 Å². The van der Waals surface area contributed by atoms with Gasteiger partial charge in [0.05, 0.1) is 11.2 Å². The maximum absolute atomic E-state index is 2.82. The molecule has 2 unspecified atom stereocenters. The summed E-state index contributed by atoms with van der Waals surface area (Å²) in [6, 6.07) is 63.4. The standard InChI is InChI=1S/C74H78BN3/c1-47-36-66-68-67(37-47)77(62-33-29-55(70(5,6)7)41-58(62)48-20-14-13-15-21-48)65-42-57(78-63-23-17-16-22-59(63)74(35-19-18-34-73(74,78)12)54-27-25-53(26-28-54)69(2,3)4)31-32-60(65)75(68)61-39-51-45-72(10,11)46-52(51)40-64(61)76(66)56-30-24-49-43-71(8,9)44-50(49)38-56/h13-17,20-33,36-42H,18-19,34-35,43-46H2,1-12H3. The van der Waals surface area contributed by atoms with Crippen molar-refractivity contribution in [2.45, 2.75) is 156 Å². The van der Waals surface area contributed by atoms with Crippen LogP contribution < -0.4 is 31.1 Å². The van der Waals surface area contributed by atoms with Crippen LogP contribution in [0.3, 0.4) is 0 Å². The Bertz CT molecular complexity index is 3770. The molecular formula is C74H78BN3. The number of para-hydroxylation sites is 1. The average Bonchev–Trinajstić information content (AvgIpc) is 4.17. The maximum atomic E-state index is 2.82. The van der Waals surface area contributed by atoms with Crippen LogP contribution in [0, 0.1) is 17.8 Å². The maximum Gasteiger partial charge on any atom is 0.252 e. The number of hydrogen-bond acceptors (Lipinski definition) is 3. The third kappa shape index (κ3) is 7.36. The minimum atomic E-state index is -0.215. The minimum absolute atomic E-state index is 0.0232. The van der Waals surface area contributed by atoms with Gasteiger partial charge in [-0.05, 0) is 207 Å². The third-order valence-corrected chi connectivity index (χ3v) is 19.8. The lowest BCUT2D eigenvalue weighted by atomic mass is 9.33. The summed E-state index contributed by atoms with van der Waals surface area (Å²) >= 11 is 0. The number of rotatable bonds is 5. The normalized spacial score (nSPS) is 21.1. The Balaban J connectivity index is 1.05. The highest BCUT2D eigenvalue weighted by atomic mass is 15.3. The first-order valence-corrected chi connectivity index (χ1v) is 29.5. The first kappa shape index (κ1) is 49.5. The van der Waals surface area contributed by atoms with E-state index in [2.05, 4.69) is 256 Å². The highest BCUT2D eigenvalue weighted by Gasteiger charge is 2.61. The first-order valence-electron chi connectivity index (χ1n) is 29.5. The molecular weight excluding hydrogens is 942 g/mol. The van der Waals surface area contributed by atoms with Crippen molar-refractivity contribution >= 4 is 68.6 Å². The number of benzene rings is 8. The van der Waals surface area contributed by atoms with E-state index in [1.807, 2.05) is 0 Å². The van der Waals surface area contributed by atoms with E-state index in [0.29, 0.717) is 0 Å². The van der Waals surface area contributed by atoms with Crippen molar-refractivity contribution in [2.75, 3.05) is 14.7 Å². The molecule has 8 aromatic carbocycles. The zero-order valence-electron chi connectivity index (χ0n) is 48.6. The van der Waals surface area contributed by atoms with Gasteiger partial charge in [-0.25, -0.2) is 0 Å². The van der Waals surface area contributed by atoms with Gasteiger partial charge in [0.15, 0.2) is 0 Å². The van der Waals surface area contributed by atoms with E-state index in [-0.39, 0.29) is 39.3 Å². The van der Waals surface area contributed by atoms with Gasteiger partial charge in [0.1, 0.15) is 0 Å². The van der Waals surface area contributed by atoms with Crippen LogP contribution in [0.1, 0.15) is 152 Å². The minimum Gasteiger partial charge on any atom is -0.334 e. The summed E-state index contributed by atoms with van der Waals surface area (Å²) in [5.41, 5.74) is 30.0. The fourth-order valence-electron chi connectivity index (χ4n) is 16.2. The zero-order valence-corrected chi connectivity index (χ0v) is 48.6. The molecule has 4 heteroatoms. The van der Waals surface area contributed by atoms with Crippen molar-refractivity contribution < 1.29 is 0 Å². The van der Waals surface area contributed by atoms with Gasteiger partial charge in [0.2, 0.25) is 0 Å². The molecule has 0 radical (unpaired) electrons. The summed E-state index contributed by atoms with van der Waals surface area (Å²) in [6.45, 7) is 28.8. The molecule has 3 nitrogen and oxygen atoms in total. The lowest BCUT2D eigenvalue weighted by molar-refractivity contribution is 0.215. The Kier molecular flexibility index (Phi) is 10.7. The summed E-state index contributed by atoms with van der Waals surface area (Å²) in [5, 5.41) is 0. The molecule has 0 spiro atoms. The molecule has 1 saturated carbocycles. The molecule has 0 saturated heterocycles. The Morgan fingerprint density at radius 2 is 1.05 bits per heavy atom. The summed E-state index contributed by atoms with van der Waals surface area (Å²) in [7, 11) is 0. The molecule has 3 aliphatic heterocycles. The van der Waals surface area contributed by atoms with Crippen LogP contribution in [0.2, 0.25) is 0 Å². The van der Waals surface area contributed by atoms with Crippen molar-refractivity contribution in [1.82, 2.24) is 0 Å². The Labute approximate surface area is 466 Å². The molecule has 392 valence electrons. The molecule has 14 rings (SSSR count). The Hall–Kier alpha value is -6.78. The molecule has 0 aromatic heterocycles. The first-order chi connectivity index (χ1) is 37.1. The van der Waals surface area contributed by atoms with E-state index in [0.717, 1.165) is 38.5 Å². The van der Waals surface area contributed by atoms with E-state index < -0.39 is 0 Å². The Morgan fingerprint density at radius 3 is 1.77 bits per heavy atom. The van der Waals surface area contributed by atoms with Gasteiger partial charge in [-0.3, -0.25) is 0 Å². The molecule has 1 fully saturated rings. The zero-order chi connectivity index (χ0) is 54.1. The topological polar surface area (TPSA) is 9.72 Å². The second-order valence-corrected chi connectivity index (χ2v) is 28.6. The van der Waals surface area contributed by atoms with Gasteiger partial charge < -0.3 is 14.7 Å². The second-order valence-electron chi connectivity index (χ2n) is 28.6. The number of fused-ring (bicyclic) bond motifs is 9. The fraction of sp³-hybridized carbons (Fsp3) is 0.351. The average molecular weight is 1020 g/mol. The molecule has 0 amide bonds. The van der Waals surface area contributed by atoms with Crippen LogP contribution in [0.25, 0.3) is 11.1 Å². The van der Waals surface area contributed by atoms with Crippen molar-refractivity contribution in [3.8, 4) is 11.1 Å². The van der Waals surface area contributed by atoms with Crippen LogP contribution in [0.15, 0.2) is 158 Å². The van der Waals surface area contributed by atoms with Crippen LogP contribution in [0.4, 0.5) is 45.5 Å². The monoisotopic (exact) mass is 1020 g/mol. The molecule has 0 N–H and O–H groups in total. The molecule has 3 aliphatic carbocycles. The molecule has 8 aromatic rings. The largest absolute Gasteiger partial charge is 0.334 e. The van der Waals surface area contributed by atoms with Crippen LogP contribution >= 0.6 is 0 Å². The van der Waals surface area contributed by atoms with Gasteiger partial charge in [-0.2, -0.15) is 0 Å². The summed E-state index contributed by atoms with van der Waals surface area (Å²) < 4.78 is 0. The lowest BCUT2D eigenvalue weighted by Crippen LogP contribution is -2.61. The number of nitrogens with zero attached hydrogens (tertiary/aromatic N) is 3. The van der Waals surface area contributed by atoms with Gasteiger partial charge in [0.25, 0.3) is 6.71 Å². The third-order valence-electron chi connectivity index (χ3n) is 19.8. The second kappa shape index (κ2) is 16.9. The number of aryl methyl sites for hydroxylation is 1. The van der Waals surface area contributed by atoms with E-state index in [1.165, 1.54) is 136 Å². The quantitative estimate of drug-likeness (QED) is 0.159. The smallest absolute Gasteiger partial charge is 0.252 e. The van der Waals surface area contributed by atoms with Crippen molar-refractivity contribution in [1.29, 1.82) is 0 Å². The van der Waals surface area contributed by atoms with Crippen LogP contribution in [-0.4, -0.2) is 12.3 Å². The predicted molar refractivity (Wildman–Crippen MR) is 333 cm³/mol. The fourth-order valence-corrected chi connectivity index (χ4v) is 16.2. The van der Waals surface area contributed by atoms with E-state index in [9.17, 15) is 0 Å². The van der Waals surface area contributed by atoms with E-state index in [1.54, 1.807) is 0 Å². The molecule has 0 bridgehead atoms. The van der Waals surface area contributed by atoms with Crippen LogP contribution in [0.5, 0.6) is 0 Å². The van der Waals surface area contributed by atoms with E-state index >= 15 is 0 Å². The van der Waals surface area contributed by atoms with Crippen LogP contribution in [-0.2, 0) is 41.9 Å². The molecule has 6 aliphatic rings. The van der Waals surface area contributed by atoms with Crippen molar-refractivity contribution in [3.63, 3.8) is 0 Å². The highest BCUT2D eigenvalue weighted by molar-refractivity contribution is 7.00. The SMILES string of the molecule is Cc1cc2c3c(c1)N(c1ccc(C(C)(C)C)cc1-c1ccccc1)c1cc(N4c5ccccc5C5(c6ccc(C(C)(C)C)cc6)CCCCC45C)ccc1B3c1cc3c(cc1N2c1ccc2c(c1)CC(C)(C)C2)CC(C)(C)C3. The van der Waals surface area contributed by atoms with Crippen molar-refractivity contribution in [3.05, 3.63) is 208 Å². The predicted octanol–water partition coefficient (Wildman–Crippen LogP) is 17.4. The summed E-state index contributed by atoms with van der Waals surface area (Å²) in [4.78, 5) is 8.21. The molecule has 3 heterocycles. The summed E-state index contributed by atoms with van der Waals surface area (Å²) in [5.74, 6) is 0. The van der Waals surface area contributed by atoms with E-state index in [4.69, 9.17) is 0 Å². The Morgan fingerprint density at radius 1 is 0.449 bits per heavy atom. The van der Waals surface area contributed by atoms with Gasteiger partial charge in [-0.1, -0.05) is 179 Å². The van der Waals surface area contributed by atoms with Gasteiger partial charge in [0, 0.05) is 50.8 Å². The number of hydrogen-bond donors (Lipinski definition) is 0. The molecule has 78 heavy (non-hydrogen) atoms. The molecule has 2 atom stereocenters. The lowest BCUT2D eigenvalue weighted by Gasteiger charge is -2.52. The summed E-state index contributed by atoms with van der Waals surface area (Å²) in [6.07, 6.45) is 9.06. The van der Waals surface area contributed by atoms with Crippen molar-refractivity contribution in [2.24, 2.45) is 10.8 Å². The highest BCUT2D eigenvalue weighted by Crippen LogP contribution is 2.64.